The fourth-order valence-electron chi connectivity index (χ4n) is 1.43. The van der Waals surface area contributed by atoms with Gasteiger partial charge in [-0.3, -0.25) is 0 Å². The summed E-state index contributed by atoms with van der Waals surface area (Å²) in [6, 6.07) is 4.51. The van der Waals surface area contributed by atoms with Gasteiger partial charge >= 0.3 is 6.18 Å². The smallest absolute Gasteiger partial charge is 0.392 e. The Morgan fingerprint density at radius 2 is 1.83 bits per heavy atom. The molecule has 0 saturated heterocycles. The summed E-state index contributed by atoms with van der Waals surface area (Å²) in [4.78, 5) is -0.264. The lowest BCUT2D eigenvalue weighted by molar-refractivity contribution is -0.138. The molecule has 0 bridgehead atoms. The summed E-state index contributed by atoms with van der Waals surface area (Å²) >= 11 is 4.44. The quantitative estimate of drug-likeness (QED) is 0.862. The Morgan fingerprint density at radius 3 is 2.33 bits per heavy atom. The van der Waals surface area contributed by atoms with E-state index >= 15 is 0 Å². The molecular weight excluding hydrogens is 287 g/mol. The minimum Gasteiger partial charge on any atom is -0.392 e. The van der Waals surface area contributed by atoms with Crippen molar-refractivity contribution < 1.29 is 21.6 Å². The number of alkyl halides is 3. The van der Waals surface area contributed by atoms with Crippen LogP contribution < -0.4 is 5.73 Å². The second-order valence-electron chi connectivity index (χ2n) is 3.65. The standard InChI is InChI=1S/C10H10F3NO2S2/c11-10(12,13)8-4-2-1-3-7(8)5-18(15,16)6-9(14)17/h1-4H,5-6H2,(H2,14,17). The van der Waals surface area contributed by atoms with Crippen LogP contribution >= 0.6 is 12.2 Å². The maximum Gasteiger partial charge on any atom is 0.416 e. The number of hydrogen-bond donors (Lipinski definition) is 1. The molecule has 0 saturated carbocycles. The molecule has 0 spiro atoms. The topological polar surface area (TPSA) is 60.2 Å². The van der Waals surface area contributed by atoms with Gasteiger partial charge in [-0.15, -0.1) is 0 Å². The molecule has 0 radical (unpaired) electrons. The molecule has 0 heterocycles. The summed E-state index contributed by atoms with van der Waals surface area (Å²) in [7, 11) is -3.78. The van der Waals surface area contributed by atoms with Gasteiger partial charge in [0, 0.05) is 0 Å². The van der Waals surface area contributed by atoms with Gasteiger partial charge in [0.05, 0.1) is 16.3 Å². The first-order valence-corrected chi connectivity index (χ1v) is 6.98. The van der Waals surface area contributed by atoms with Crippen LogP contribution in [-0.4, -0.2) is 19.2 Å². The molecular formula is C10H10F3NO2S2. The fourth-order valence-corrected chi connectivity index (χ4v) is 3.23. The second-order valence-corrected chi connectivity index (χ2v) is 6.24. The Hall–Kier alpha value is -1.15. The van der Waals surface area contributed by atoms with E-state index in [4.69, 9.17) is 5.73 Å². The van der Waals surface area contributed by atoms with Crippen molar-refractivity contribution in [3.05, 3.63) is 35.4 Å². The highest BCUT2D eigenvalue weighted by atomic mass is 32.2. The molecule has 1 aromatic carbocycles. The van der Waals surface area contributed by atoms with E-state index in [2.05, 4.69) is 12.2 Å². The zero-order chi connectivity index (χ0) is 14.0. The van der Waals surface area contributed by atoms with Crippen LogP contribution in [0.25, 0.3) is 0 Å². The van der Waals surface area contributed by atoms with Crippen molar-refractivity contribution >= 4 is 27.0 Å². The first-order valence-electron chi connectivity index (χ1n) is 4.75. The van der Waals surface area contributed by atoms with Crippen molar-refractivity contribution in [3.8, 4) is 0 Å². The van der Waals surface area contributed by atoms with Gasteiger partial charge < -0.3 is 5.73 Å². The Kier molecular flexibility index (Phi) is 4.33. The minimum absolute atomic E-state index is 0.264. The number of rotatable bonds is 4. The average Bonchev–Trinajstić information content (AvgIpc) is 2.13. The lowest BCUT2D eigenvalue weighted by atomic mass is 10.1. The van der Waals surface area contributed by atoms with E-state index in [1.54, 1.807) is 0 Å². The molecule has 2 N–H and O–H groups in total. The molecule has 18 heavy (non-hydrogen) atoms. The van der Waals surface area contributed by atoms with Gasteiger partial charge in [0.2, 0.25) is 0 Å². The SMILES string of the molecule is NC(=S)CS(=O)(=O)Cc1ccccc1C(F)(F)F. The van der Waals surface area contributed by atoms with Gasteiger partial charge in [-0.25, -0.2) is 8.42 Å². The lowest BCUT2D eigenvalue weighted by Crippen LogP contribution is -2.23. The Bertz CT molecular complexity index is 552. The third kappa shape index (κ3) is 4.26. The van der Waals surface area contributed by atoms with Crippen LogP contribution in [0.4, 0.5) is 13.2 Å². The van der Waals surface area contributed by atoms with E-state index in [-0.39, 0.29) is 10.6 Å². The molecule has 0 unspecified atom stereocenters. The number of hydrogen-bond acceptors (Lipinski definition) is 3. The highest BCUT2D eigenvalue weighted by molar-refractivity contribution is 7.93. The van der Waals surface area contributed by atoms with Gasteiger partial charge in [-0.05, 0) is 11.6 Å². The van der Waals surface area contributed by atoms with Crippen molar-refractivity contribution in [3.63, 3.8) is 0 Å². The normalized spacial score (nSPS) is 12.4. The van der Waals surface area contributed by atoms with E-state index < -0.39 is 33.1 Å². The lowest BCUT2D eigenvalue weighted by Gasteiger charge is -2.12. The van der Waals surface area contributed by atoms with Crippen LogP contribution in [0, 0.1) is 0 Å². The summed E-state index contributed by atoms with van der Waals surface area (Å²) in [5.41, 5.74) is 3.82. The zero-order valence-electron chi connectivity index (χ0n) is 9.07. The van der Waals surface area contributed by atoms with Gasteiger partial charge in [0.25, 0.3) is 0 Å². The zero-order valence-corrected chi connectivity index (χ0v) is 10.7. The van der Waals surface area contributed by atoms with Crippen molar-refractivity contribution in [1.82, 2.24) is 0 Å². The van der Waals surface area contributed by atoms with Gasteiger partial charge in [-0.2, -0.15) is 13.2 Å². The van der Waals surface area contributed by atoms with Crippen LogP contribution in [0.15, 0.2) is 24.3 Å². The third-order valence-electron chi connectivity index (χ3n) is 2.06. The van der Waals surface area contributed by atoms with Crippen molar-refractivity contribution in [1.29, 1.82) is 0 Å². The molecule has 8 heteroatoms. The molecule has 0 atom stereocenters. The maximum atomic E-state index is 12.6. The van der Waals surface area contributed by atoms with Gasteiger partial charge in [-0.1, -0.05) is 30.4 Å². The molecule has 0 aliphatic carbocycles. The van der Waals surface area contributed by atoms with E-state index in [0.717, 1.165) is 12.1 Å². The summed E-state index contributed by atoms with van der Waals surface area (Å²) in [5.74, 6) is -1.34. The summed E-state index contributed by atoms with van der Waals surface area (Å²) in [6.45, 7) is 0. The molecule has 0 aromatic heterocycles. The number of sulfone groups is 1. The predicted molar refractivity (Wildman–Crippen MR) is 65.7 cm³/mol. The van der Waals surface area contributed by atoms with Crippen molar-refractivity contribution in [2.45, 2.75) is 11.9 Å². The van der Waals surface area contributed by atoms with Crippen molar-refractivity contribution in [2.75, 3.05) is 5.75 Å². The Labute approximate surface area is 108 Å². The van der Waals surface area contributed by atoms with Crippen LogP contribution in [-0.2, 0) is 21.8 Å². The Morgan fingerprint density at radius 1 is 1.28 bits per heavy atom. The first kappa shape index (κ1) is 14.9. The van der Waals surface area contributed by atoms with E-state index in [1.165, 1.54) is 12.1 Å². The van der Waals surface area contributed by atoms with E-state index in [1.807, 2.05) is 0 Å². The van der Waals surface area contributed by atoms with Crippen LogP contribution in [0.2, 0.25) is 0 Å². The first-order chi connectivity index (χ1) is 8.12. The molecule has 0 aliphatic heterocycles. The number of thiocarbonyl (C=S) groups is 1. The van der Waals surface area contributed by atoms with E-state index in [0.29, 0.717) is 0 Å². The number of nitrogens with two attached hydrogens (primary N) is 1. The summed E-state index contributed by atoms with van der Waals surface area (Å²) in [6.07, 6.45) is -4.59. The monoisotopic (exact) mass is 297 g/mol. The molecule has 3 nitrogen and oxygen atoms in total. The van der Waals surface area contributed by atoms with Crippen LogP contribution in [0.3, 0.4) is 0 Å². The third-order valence-corrected chi connectivity index (χ3v) is 3.89. The maximum absolute atomic E-state index is 12.6. The van der Waals surface area contributed by atoms with Crippen LogP contribution in [0.5, 0.6) is 0 Å². The molecule has 100 valence electrons. The molecule has 0 aliphatic rings. The molecule has 0 fully saturated rings. The highest BCUT2D eigenvalue weighted by Crippen LogP contribution is 2.32. The second kappa shape index (κ2) is 5.23. The average molecular weight is 297 g/mol. The van der Waals surface area contributed by atoms with Crippen LogP contribution in [0.1, 0.15) is 11.1 Å². The number of halogens is 3. The summed E-state index contributed by atoms with van der Waals surface area (Å²) < 4.78 is 61.0. The fraction of sp³-hybridized carbons (Fsp3) is 0.300. The van der Waals surface area contributed by atoms with Gasteiger partial charge in [0.1, 0.15) is 5.75 Å². The summed E-state index contributed by atoms with van der Waals surface area (Å²) in [5, 5.41) is 0. The highest BCUT2D eigenvalue weighted by Gasteiger charge is 2.33. The predicted octanol–water partition coefficient (Wildman–Crippen LogP) is 1.91. The minimum atomic E-state index is -4.59. The molecule has 1 aromatic rings. The molecule has 0 amide bonds. The van der Waals surface area contributed by atoms with E-state index in [9.17, 15) is 21.6 Å². The van der Waals surface area contributed by atoms with Gasteiger partial charge in [0.15, 0.2) is 9.84 Å². The van der Waals surface area contributed by atoms with Crippen molar-refractivity contribution in [2.24, 2.45) is 5.73 Å². The Balaban J connectivity index is 3.09. The largest absolute Gasteiger partial charge is 0.416 e. The molecule has 1 rings (SSSR count). The number of benzene rings is 1.